The number of benzene rings is 2. The van der Waals surface area contributed by atoms with E-state index < -0.39 is 24.3 Å². The molecule has 0 saturated carbocycles. The summed E-state index contributed by atoms with van der Waals surface area (Å²) in [5.41, 5.74) is 2.73. The van der Waals surface area contributed by atoms with Crippen molar-refractivity contribution >= 4 is 35.2 Å². The number of esters is 1. The molecule has 6 heteroatoms. The molecule has 2 rings (SSSR count). The van der Waals surface area contributed by atoms with Gasteiger partial charge in [0.1, 0.15) is 5.82 Å². The van der Waals surface area contributed by atoms with Gasteiger partial charge in [0.05, 0.1) is 5.02 Å². The summed E-state index contributed by atoms with van der Waals surface area (Å²) in [6.07, 6.45) is 2.23. The third-order valence-electron chi connectivity index (χ3n) is 3.39. The van der Waals surface area contributed by atoms with Gasteiger partial charge in [-0.05, 0) is 43.7 Å². The van der Waals surface area contributed by atoms with Gasteiger partial charge in [0, 0.05) is 17.3 Å². The monoisotopic (exact) mass is 361 g/mol. The standard InChI is InChI=1S/C19H17ClFNO3/c1-12-6-8-17(13(2)10-12)22-18(23)11-25-19(24)9-7-14-15(20)4-3-5-16(14)21/h3-10H,11H2,1-2H3,(H,22,23). The molecule has 0 aromatic heterocycles. The molecule has 0 aliphatic carbocycles. The minimum atomic E-state index is -0.768. The quantitative estimate of drug-likeness (QED) is 0.638. The fourth-order valence-electron chi connectivity index (χ4n) is 2.15. The normalized spacial score (nSPS) is 10.7. The molecule has 25 heavy (non-hydrogen) atoms. The maximum Gasteiger partial charge on any atom is 0.331 e. The van der Waals surface area contributed by atoms with E-state index in [0.717, 1.165) is 17.2 Å². The second-order valence-corrected chi connectivity index (χ2v) is 5.85. The summed E-state index contributed by atoms with van der Waals surface area (Å²) in [4.78, 5) is 23.5. The molecule has 0 aliphatic rings. The van der Waals surface area contributed by atoms with E-state index in [1.54, 1.807) is 6.07 Å². The van der Waals surface area contributed by atoms with Crippen LogP contribution in [-0.2, 0) is 14.3 Å². The Morgan fingerprint density at radius 1 is 1.24 bits per heavy atom. The lowest BCUT2D eigenvalue weighted by atomic mass is 10.1. The number of carbonyl (C=O) groups is 2. The highest BCUT2D eigenvalue weighted by atomic mass is 35.5. The van der Waals surface area contributed by atoms with Gasteiger partial charge in [-0.1, -0.05) is 35.4 Å². The van der Waals surface area contributed by atoms with Crippen molar-refractivity contribution in [2.45, 2.75) is 13.8 Å². The highest BCUT2D eigenvalue weighted by Crippen LogP contribution is 2.20. The Bertz CT molecular complexity index is 813. The fraction of sp³-hybridized carbons (Fsp3) is 0.158. The van der Waals surface area contributed by atoms with Crippen LogP contribution in [0, 0.1) is 19.7 Å². The SMILES string of the molecule is Cc1ccc(NC(=O)COC(=O)C=Cc2c(F)cccc2Cl)c(C)c1. The Hall–Kier alpha value is -2.66. The summed E-state index contributed by atoms with van der Waals surface area (Å²) in [5, 5.41) is 2.84. The van der Waals surface area contributed by atoms with Crippen molar-refractivity contribution in [1.29, 1.82) is 0 Å². The van der Waals surface area contributed by atoms with Crippen LogP contribution in [-0.4, -0.2) is 18.5 Å². The molecule has 0 heterocycles. The molecule has 130 valence electrons. The summed E-state index contributed by atoms with van der Waals surface area (Å²) < 4.78 is 18.4. The third kappa shape index (κ3) is 5.43. The summed E-state index contributed by atoms with van der Waals surface area (Å²) in [5.74, 6) is -1.78. The molecule has 0 fully saturated rings. The van der Waals surface area contributed by atoms with E-state index in [2.05, 4.69) is 5.32 Å². The minimum absolute atomic E-state index is 0.0841. The van der Waals surface area contributed by atoms with E-state index >= 15 is 0 Å². The van der Waals surface area contributed by atoms with Crippen molar-refractivity contribution in [1.82, 2.24) is 0 Å². The van der Waals surface area contributed by atoms with Gasteiger partial charge in [0.2, 0.25) is 0 Å². The number of hydrogen-bond donors (Lipinski definition) is 1. The maximum atomic E-state index is 13.6. The Morgan fingerprint density at radius 2 is 2.00 bits per heavy atom. The van der Waals surface area contributed by atoms with Crippen LogP contribution in [0.3, 0.4) is 0 Å². The fourth-order valence-corrected chi connectivity index (χ4v) is 2.37. The molecule has 0 atom stereocenters. The van der Waals surface area contributed by atoms with Gasteiger partial charge in [-0.2, -0.15) is 0 Å². The van der Waals surface area contributed by atoms with Crippen molar-refractivity contribution in [3.05, 3.63) is 70.0 Å². The number of carbonyl (C=O) groups excluding carboxylic acids is 2. The van der Waals surface area contributed by atoms with E-state index in [1.165, 1.54) is 24.3 Å². The average molecular weight is 362 g/mol. The lowest BCUT2D eigenvalue weighted by Crippen LogP contribution is -2.20. The van der Waals surface area contributed by atoms with Crippen molar-refractivity contribution in [2.75, 3.05) is 11.9 Å². The van der Waals surface area contributed by atoms with Crippen molar-refractivity contribution in [2.24, 2.45) is 0 Å². The van der Waals surface area contributed by atoms with Crippen molar-refractivity contribution < 1.29 is 18.7 Å². The maximum absolute atomic E-state index is 13.6. The zero-order valence-corrected chi connectivity index (χ0v) is 14.6. The van der Waals surface area contributed by atoms with Crippen LogP contribution in [0.5, 0.6) is 0 Å². The molecule has 0 saturated heterocycles. The molecular weight excluding hydrogens is 345 g/mol. The highest BCUT2D eigenvalue weighted by molar-refractivity contribution is 6.32. The topological polar surface area (TPSA) is 55.4 Å². The van der Waals surface area contributed by atoms with Crippen LogP contribution in [0.15, 0.2) is 42.5 Å². The Balaban J connectivity index is 1.89. The van der Waals surface area contributed by atoms with E-state index in [-0.39, 0.29) is 10.6 Å². The zero-order chi connectivity index (χ0) is 18.4. The van der Waals surface area contributed by atoms with Crippen LogP contribution < -0.4 is 5.32 Å². The third-order valence-corrected chi connectivity index (χ3v) is 3.72. The van der Waals surface area contributed by atoms with Gasteiger partial charge in [-0.15, -0.1) is 0 Å². The Morgan fingerprint density at radius 3 is 2.68 bits per heavy atom. The Labute approximate surface area is 150 Å². The lowest BCUT2D eigenvalue weighted by Gasteiger charge is -2.09. The van der Waals surface area contributed by atoms with Crippen molar-refractivity contribution in [3.63, 3.8) is 0 Å². The smallest absolute Gasteiger partial charge is 0.331 e. The van der Waals surface area contributed by atoms with Crippen LogP contribution in [0.4, 0.5) is 10.1 Å². The predicted molar refractivity (Wildman–Crippen MR) is 95.9 cm³/mol. The second kappa shape index (κ2) is 8.44. The molecule has 0 aliphatic heterocycles. The minimum Gasteiger partial charge on any atom is -0.452 e. The summed E-state index contributed by atoms with van der Waals surface area (Å²) >= 11 is 5.85. The number of ether oxygens (including phenoxy) is 1. The average Bonchev–Trinajstić information content (AvgIpc) is 2.55. The number of aryl methyl sites for hydroxylation is 2. The zero-order valence-electron chi connectivity index (χ0n) is 13.8. The molecule has 4 nitrogen and oxygen atoms in total. The van der Waals surface area contributed by atoms with Crippen molar-refractivity contribution in [3.8, 4) is 0 Å². The van der Waals surface area contributed by atoms with Crippen LogP contribution >= 0.6 is 11.6 Å². The first-order valence-electron chi connectivity index (χ1n) is 7.53. The van der Waals surface area contributed by atoms with Gasteiger partial charge in [-0.3, -0.25) is 4.79 Å². The number of halogens is 2. The predicted octanol–water partition coefficient (Wildman–Crippen LogP) is 4.29. The summed E-state index contributed by atoms with van der Waals surface area (Å²) in [6.45, 7) is 3.38. The lowest BCUT2D eigenvalue weighted by molar-refractivity contribution is -0.142. The van der Waals surface area contributed by atoms with Crippen LogP contribution in [0.2, 0.25) is 5.02 Å². The second-order valence-electron chi connectivity index (χ2n) is 5.44. The molecule has 0 spiro atoms. The molecule has 1 amide bonds. The van der Waals surface area contributed by atoms with Gasteiger partial charge < -0.3 is 10.1 Å². The molecule has 1 N–H and O–H groups in total. The molecule has 2 aromatic carbocycles. The van der Waals surface area contributed by atoms with Crippen LogP contribution in [0.1, 0.15) is 16.7 Å². The van der Waals surface area contributed by atoms with Gasteiger partial charge in [0.25, 0.3) is 5.91 Å². The molecule has 0 radical (unpaired) electrons. The molecule has 2 aromatic rings. The first-order chi connectivity index (χ1) is 11.9. The number of rotatable bonds is 5. The first-order valence-corrected chi connectivity index (χ1v) is 7.90. The van der Waals surface area contributed by atoms with Gasteiger partial charge >= 0.3 is 5.97 Å². The number of amides is 1. The van der Waals surface area contributed by atoms with E-state index in [4.69, 9.17) is 16.3 Å². The summed E-state index contributed by atoms with van der Waals surface area (Å²) in [6, 6.07) is 9.79. The molecule has 0 unspecified atom stereocenters. The highest BCUT2D eigenvalue weighted by Gasteiger charge is 2.08. The van der Waals surface area contributed by atoms with E-state index in [9.17, 15) is 14.0 Å². The van der Waals surface area contributed by atoms with E-state index in [0.29, 0.717) is 5.69 Å². The van der Waals surface area contributed by atoms with Gasteiger partial charge in [0.15, 0.2) is 6.61 Å². The largest absolute Gasteiger partial charge is 0.452 e. The van der Waals surface area contributed by atoms with Gasteiger partial charge in [-0.25, -0.2) is 9.18 Å². The molecular formula is C19H17ClFNO3. The Kier molecular flexibility index (Phi) is 6.31. The van der Waals surface area contributed by atoms with Crippen LogP contribution in [0.25, 0.3) is 6.08 Å². The number of anilines is 1. The first kappa shape index (κ1) is 18.7. The number of nitrogens with one attached hydrogen (secondary N) is 1. The summed E-state index contributed by atoms with van der Waals surface area (Å²) in [7, 11) is 0. The van der Waals surface area contributed by atoms with E-state index in [1.807, 2.05) is 26.0 Å². The molecule has 0 bridgehead atoms. The number of hydrogen-bond acceptors (Lipinski definition) is 3.